The standard InChI is InChI=1S/C11H8I3N2O3/c1-4(18)15-10-7(12)6(3-17)8(13)11(9(10)14)16-5(2)19/h1-2H3,(H,15,18)(H,16,19). The Kier molecular flexibility index (Phi) is 6.42. The monoisotopic (exact) mass is 597 g/mol. The molecule has 1 aromatic carbocycles. The van der Waals surface area contributed by atoms with E-state index in [2.05, 4.69) is 10.6 Å². The van der Waals surface area contributed by atoms with Gasteiger partial charge in [0.25, 0.3) is 0 Å². The lowest BCUT2D eigenvalue weighted by molar-refractivity contribution is -0.115. The summed E-state index contributed by atoms with van der Waals surface area (Å²) < 4.78 is 1.88. The first-order chi connectivity index (χ1) is 8.79. The maximum Gasteiger partial charge on any atom is 0.235 e. The van der Waals surface area contributed by atoms with Crippen LogP contribution in [0.4, 0.5) is 11.4 Å². The number of benzene rings is 1. The van der Waals surface area contributed by atoms with Crippen LogP contribution in [0, 0.1) is 10.7 Å². The SMILES string of the molecule is CC(=O)Nc1c(I)c([C]=O)c(I)c(NC(C)=O)c1I. The van der Waals surface area contributed by atoms with Gasteiger partial charge in [0.05, 0.1) is 27.6 Å². The van der Waals surface area contributed by atoms with Crippen LogP contribution in [0.1, 0.15) is 19.4 Å². The predicted octanol–water partition coefficient (Wildman–Crippen LogP) is 2.88. The summed E-state index contributed by atoms with van der Waals surface area (Å²) >= 11 is 5.98. The molecule has 0 fully saturated rings. The molecule has 101 valence electrons. The van der Waals surface area contributed by atoms with Crippen molar-refractivity contribution in [2.45, 2.75) is 13.8 Å². The van der Waals surface area contributed by atoms with Gasteiger partial charge in [-0.15, -0.1) is 0 Å². The Morgan fingerprint density at radius 3 is 1.53 bits per heavy atom. The number of hydrogen-bond acceptors (Lipinski definition) is 3. The number of hydrogen-bond donors (Lipinski definition) is 2. The van der Waals surface area contributed by atoms with Gasteiger partial charge in [-0.2, -0.15) is 0 Å². The molecule has 0 saturated carbocycles. The molecule has 0 saturated heterocycles. The van der Waals surface area contributed by atoms with Crippen LogP contribution in [-0.4, -0.2) is 18.1 Å². The average molecular weight is 597 g/mol. The number of rotatable bonds is 3. The zero-order valence-corrected chi connectivity index (χ0v) is 16.3. The second-order valence-corrected chi connectivity index (χ2v) is 6.77. The molecule has 2 amide bonds. The summed E-state index contributed by atoms with van der Waals surface area (Å²) in [6.45, 7) is 2.76. The van der Waals surface area contributed by atoms with Gasteiger partial charge in [0.1, 0.15) is 0 Å². The summed E-state index contributed by atoms with van der Waals surface area (Å²) in [5, 5.41) is 5.34. The smallest absolute Gasteiger partial charge is 0.235 e. The number of carbonyl (C=O) groups is 2. The number of carbonyl (C=O) groups excluding carboxylic acids is 3. The second-order valence-electron chi connectivity index (χ2n) is 3.53. The fourth-order valence-corrected chi connectivity index (χ4v) is 5.25. The highest BCUT2D eigenvalue weighted by Gasteiger charge is 2.21. The summed E-state index contributed by atoms with van der Waals surface area (Å²) in [6.07, 6.45) is 1.85. The van der Waals surface area contributed by atoms with Crippen LogP contribution >= 0.6 is 67.8 Å². The molecule has 19 heavy (non-hydrogen) atoms. The molecule has 0 atom stereocenters. The van der Waals surface area contributed by atoms with Gasteiger partial charge in [0.15, 0.2) is 0 Å². The third kappa shape index (κ3) is 4.00. The Balaban J connectivity index is 3.59. The molecule has 0 aromatic heterocycles. The maximum absolute atomic E-state index is 11.2. The molecule has 0 spiro atoms. The molecule has 5 nitrogen and oxygen atoms in total. The minimum Gasteiger partial charge on any atom is -0.324 e. The van der Waals surface area contributed by atoms with Crippen LogP contribution in [0.5, 0.6) is 0 Å². The Hall–Kier alpha value is 0.0200. The number of amides is 2. The van der Waals surface area contributed by atoms with Crippen molar-refractivity contribution < 1.29 is 14.4 Å². The van der Waals surface area contributed by atoms with E-state index >= 15 is 0 Å². The summed E-state index contributed by atoms with van der Waals surface area (Å²) in [5.74, 6) is -0.495. The molecule has 1 radical (unpaired) electrons. The number of nitrogens with one attached hydrogen (secondary N) is 2. The van der Waals surface area contributed by atoms with Crippen molar-refractivity contribution >= 4 is 97.2 Å². The molecular weight excluding hydrogens is 589 g/mol. The fourth-order valence-electron chi connectivity index (χ4n) is 1.33. The number of halogens is 3. The first-order valence-corrected chi connectivity index (χ1v) is 8.17. The average Bonchev–Trinajstić information content (AvgIpc) is 2.30. The van der Waals surface area contributed by atoms with E-state index in [0.717, 1.165) is 0 Å². The van der Waals surface area contributed by atoms with Gasteiger partial charge < -0.3 is 10.6 Å². The van der Waals surface area contributed by atoms with Crippen molar-refractivity contribution in [3.63, 3.8) is 0 Å². The summed E-state index contributed by atoms with van der Waals surface area (Å²) in [4.78, 5) is 33.5. The Bertz CT molecular complexity index is 530. The summed E-state index contributed by atoms with van der Waals surface area (Å²) in [5.41, 5.74) is 1.35. The highest BCUT2D eigenvalue weighted by Crippen LogP contribution is 2.38. The lowest BCUT2D eigenvalue weighted by Crippen LogP contribution is -2.16. The largest absolute Gasteiger partial charge is 0.324 e. The van der Waals surface area contributed by atoms with Gasteiger partial charge in [-0.3, -0.25) is 14.4 Å². The topological polar surface area (TPSA) is 75.3 Å². The van der Waals surface area contributed by atoms with Crippen LogP contribution in [0.3, 0.4) is 0 Å². The van der Waals surface area contributed by atoms with Crippen molar-refractivity contribution in [1.29, 1.82) is 0 Å². The van der Waals surface area contributed by atoms with E-state index in [1.807, 2.05) is 74.1 Å². The van der Waals surface area contributed by atoms with Gasteiger partial charge >= 0.3 is 0 Å². The molecule has 0 aliphatic heterocycles. The summed E-state index contributed by atoms with van der Waals surface area (Å²) in [7, 11) is 0. The van der Waals surface area contributed by atoms with E-state index in [1.54, 1.807) is 0 Å². The highest BCUT2D eigenvalue weighted by atomic mass is 127. The molecule has 8 heteroatoms. The third-order valence-electron chi connectivity index (χ3n) is 2.02. The zero-order chi connectivity index (χ0) is 14.7. The van der Waals surface area contributed by atoms with Crippen LogP contribution in [0.15, 0.2) is 0 Å². The van der Waals surface area contributed by atoms with Crippen molar-refractivity contribution in [2.24, 2.45) is 0 Å². The van der Waals surface area contributed by atoms with Crippen LogP contribution in [0.2, 0.25) is 0 Å². The van der Waals surface area contributed by atoms with Gasteiger partial charge in [-0.05, 0) is 67.8 Å². The predicted molar refractivity (Wildman–Crippen MR) is 98.0 cm³/mol. The Morgan fingerprint density at radius 2 is 1.26 bits per heavy atom. The van der Waals surface area contributed by atoms with Gasteiger partial charge in [-0.1, -0.05) is 0 Å². The molecule has 0 bridgehead atoms. The quantitative estimate of drug-likeness (QED) is 0.527. The molecule has 1 rings (SSSR count). The van der Waals surface area contributed by atoms with Crippen molar-refractivity contribution in [2.75, 3.05) is 10.6 Å². The van der Waals surface area contributed by atoms with Crippen LogP contribution in [-0.2, 0) is 14.4 Å². The maximum atomic E-state index is 11.2. The van der Waals surface area contributed by atoms with Crippen LogP contribution < -0.4 is 10.6 Å². The van der Waals surface area contributed by atoms with E-state index < -0.39 is 0 Å². The molecular formula is C11H8I3N2O3. The van der Waals surface area contributed by atoms with Crippen molar-refractivity contribution in [1.82, 2.24) is 0 Å². The van der Waals surface area contributed by atoms with E-state index in [9.17, 15) is 14.4 Å². The molecule has 0 heterocycles. The molecule has 1 aromatic rings. The molecule has 0 aliphatic rings. The zero-order valence-electron chi connectivity index (χ0n) is 9.86. The first-order valence-electron chi connectivity index (χ1n) is 4.93. The minimum atomic E-state index is -0.248. The van der Waals surface area contributed by atoms with Gasteiger partial charge in [0.2, 0.25) is 18.1 Å². The minimum absolute atomic E-state index is 0.248. The van der Waals surface area contributed by atoms with Crippen LogP contribution in [0.25, 0.3) is 0 Å². The molecule has 0 aliphatic carbocycles. The van der Waals surface area contributed by atoms with E-state index in [1.165, 1.54) is 13.8 Å². The van der Waals surface area contributed by atoms with Crippen molar-refractivity contribution in [3.05, 3.63) is 16.3 Å². The van der Waals surface area contributed by atoms with E-state index in [-0.39, 0.29) is 11.8 Å². The first kappa shape index (κ1) is 17.1. The van der Waals surface area contributed by atoms with Crippen molar-refractivity contribution in [3.8, 4) is 0 Å². The third-order valence-corrected chi connectivity index (χ3v) is 5.26. The normalized spacial score (nSPS) is 9.95. The Labute approximate surface area is 151 Å². The number of anilines is 2. The summed E-state index contributed by atoms with van der Waals surface area (Å²) in [6, 6.07) is 0. The molecule has 0 unspecified atom stereocenters. The fraction of sp³-hybridized carbons (Fsp3) is 0.182. The highest BCUT2D eigenvalue weighted by molar-refractivity contribution is 14.1. The Morgan fingerprint density at radius 1 is 0.895 bits per heavy atom. The van der Waals surface area contributed by atoms with Gasteiger partial charge in [-0.25, -0.2) is 0 Å². The lowest BCUT2D eigenvalue weighted by Gasteiger charge is -2.17. The van der Waals surface area contributed by atoms with E-state index in [0.29, 0.717) is 27.6 Å². The lowest BCUT2D eigenvalue weighted by atomic mass is 10.2. The second kappa shape index (κ2) is 7.15. The van der Waals surface area contributed by atoms with E-state index in [4.69, 9.17) is 0 Å². The van der Waals surface area contributed by atoms with Gasteiger partial charge in [0, 0.05) is 13.8 Å². The molecule has 2 N–H and O–H groups in total.